The third-order valence-corrected chi connectivity index (χ3v) is 2.52. The van der Waals surface area contributed by atoms with Gasteiger partial charge in [0.05, 0.1) is 23.6 Å². The molecule has 7 nitrogen and oxygen atoms in total. The molecule has 1 atom stereocenters. The van der Waals surface area contributed by atoms with Gasteiger partial charge in [-0.1, -0.05) is 0 Å². The number of nitro benzene ring substituents is 1. The summed E-state index contributed by atoms with van der Waals surface area (Å²) < 4.78 is 10.7. The highest BCUT2D eigenvalue weighted by Gasteiger charge is 2.12. The number of ether oxygens (including phenoxy) is 1. The molecule has 0 bridgehead atoms. The molecule has 7 heteroatoms. The predicted octanol–water partition coefficient (Wildman–Crippen LogP) is 2.57. The van der Waals surface area contributed by atoms with E-state index in [1.54, 1.807) is 6.07 Å². The van der Waals surface area contributed by atoms with Gasteiger partial charge in [-0.2, -0.15) is 4.98 Å². The first-order chi connectivity index (χ1) is 9.10. The second-order valence-electron chi connectivity index (χ2n) is 4.13. The van der Waals surface area contributed by atoms with Gasteiger partial charge >= 0.3 is 0 Å². The van der Waals surface area contributed by atoms with Gasteiger partial charge in [0, 0.05) is 12.7 Å². The summed E-state index contributed by atoms with van der Waals surface area (Å²) in [7, 11) is 0. The number of rotatable bonds is 6. The van der Waals surface area contributed by atoms with Crippen molar-refractivity contribution in [1.29, 1.82) is 0 Å². The summed E-state index contributed by atoms with van der Waals surface area (Å²) in [4.78, 5) is 14.4. The third kappa shape index (κ3) is 3.19. The van der Waals surface area contributed by atoms with E-state index in [0.717, 1.165) is 0 Å². The Morgan fingerprint density at radius 3 is 3.05 bits per heavy atom. The van der Waals surface area contributed by atoms with Crippen LogP contribution in [0.2, 0.25) is 0 Å². The fourth-order valence-electron chi connectivity index (χ4n) is 1.64. The molecule has 0 amide bonds. The van der Waals surface area contributed by atoms with Crippen LogP contribution in [0.25, 0.3) is 11.1 Å². The van der Waals surface area contributed by atoms with Crippen molar-refractivity contribution >= 4 is 22.8 Å². The van der Waals surface area contributed by atoms with E-state index in [1.165, 1.54) is 12.1 Å². The van der Waals surface area contributed by atoms with E-state index >= 15 is 0 Å². The summed E-state index contributed by atoms with van der Waals surface area (Å²) in [6.45, 7) is 5.04. The molecular weight excluding hydrogens is 250 g/mol. The van der Waals surface area contributed by atoms with Gasteiger partial charge in [-0.25, -0.2) is 0 Å². The maximum atomic E-state index is 10.7. The number of non-ortho nitro benzene ring substituents is 1. The molecule has 0 aliphatic carbocycles. The molecule has 1 aromatic carbocycles. The van der Waals surface area contributed by atoms with Gasteiger partial charge in [0.15, 0.2) is 5.58 Å². The zero-order valence-electron chi connectivity index (χ0n) is 10.8. The number of fused-ring (bicyclic) bond motifs is 1. The minimum atomic E-state index is -0.466. The number of nitro groups is 1. The van der Waals surface area contributed by atoms with Gasteiger partial charge in [0.2, 0.25) is 0 Å². The molecular formula is C12H15N3O4. The van der Waals surface area contributed by atoms with E-state index in [4.69, 9.17) is 9.15 Å². The van der Waals surface area contributed by atoms with Crippen LogP contribution < -0.4 is 5.32 Å². The van der Waals surface area contributed by atoms with Crippen molar-refractivity contribution in [3.8, 4) is 0 Å². The summed E-state index contributed by atoms with van der Waals surface area (Å²) in [6.07, 6.45) is 0. The van der Waals surface area contributed by atoms with Crippen LogP contribution in [0.4, 0.5) is 11.7 Å². The Balaban J connectivity index is 2.15. The molecule has 102 valence electrons. The fraction of sp³-hybridized carbons (Fsp3) is 0.417. The second-order valence-corrected chi connectivity index (χ2v) is 4.13. The lowest BCUT2D eigenvalue weighted by molar-refractivity contribution is -0.384. The Kier molecular flexibility index (Phi) is 3.96. The summed E-state index contributed by atoms with van der Waals surface area (Å²) in [5.74, 6) is 0. The molecule has 0 fully saturated rings. The Morgan fingerprint density at radius 2 is 2.37 bits per heavy atom. The molecule has 19 heavy (non-hydrogen) atoms. The average molecular weight is 265 g/mol. The first-order valence-electron chi connectivity index (χ1n) is 5.99. The quantitative estimate of drug-likeness (QED) is 0.637. The molecule has 0 spiro atoms. The standard InChI is InChI=1S/C12H15N3O4/c1-3-18-7-8(2)13-12-14-10-5-4-9(15(16)17)6-11(10)19-12/h4-6,8H,3,7H2,1-2H3,(H,13,14). The van der Waals surface area contributed by atoms with E-state index in [9.17, 15) is 10.1 Å². The van der Waals surface area contributed by atoms with Crippen molar-refractivity contribution in [2.45, 2.75) is 19.9 Å². The van der Waals surface area contributed by atoms with Gasteiger partial charge in [0.1, 0.15) is 5.52 Å². The fourth-order valence-corrected chi connectivity index (χ4v) is 1.64. The van der Waals surface area contributed by atoms with Crippen LogP contribution >= 0.6 is 0 Å². The molecule has 1 N–H and O–H groups in total. The number of aromatic nitrogens is 1. The zero-order chi connectivity index (χ0) is 13.8. The van der Waals surface area contributed by atoms with Gasteiger partial charge in [0.25, 0.3) is 11.7 Å². The third-order valence-electron chi connectivity index (χ3n) is 2.52. The Labute approximate surface area is 109 Å². The molecule has 1 heterocycles. The summed E-state index contributed by atoms with van der Waals surface area (Å²) in [5.41, 5.74) is 0.953. The number of hydrogen-bond acceptors (Lipinski definition) is 6. The Bertz CT molecular complexity index is 581. The molecule has 0 saturated heterocycles. The number of nitrogens with zero attached hydrogens (tertiary/aromatic N) is 2. The largest absolute Gasteiger partial charge is 0.423 e. The van der Waals surface area contributed by atoms with Crippen LogP contribution in [0.1, 0.15) is 13.8 Å². The highest BCUT2D eigenvalue weighted by Crippen LogP contribution is 2.23. The number of oxazole rings is 1. The first-order valence-corrected chi connectivity index (χ1v) is 5.99. The maximum Gasteiger partial charge on any atom is 0.295 e. The van der Waals surface area contributed by atoms with Crippen molar-refractivity contribution in [3.63, 3.8) is 0 Å². The monoisotopic (exact) mass is 265 g/mol. The van der Waals surface area contributed by atoms with E-state index in [1.807, 2.05) is 13.8 Å². The molecule has 0 radical (unpaired) electrons. The maximum absolute atomic E-state index is 10.7. The van der Waals surface area contributed by atoms with Crippen LogP contribution in [0, 0.1) is 10.1 Å². The van der Waals surface area contributed by atoms with Crippen LogP contribution in [-0.4, -0.2) is 29.2 Å². The van der Waals surface area contributed by atoms with Crippen molar-refractivity contribution < 1.29 is 14.1 Å². The van der Waals surface area contributed by atoms with Crippen molar-refractivity contribution in [3.05, 3.63) is 28.3 Å². The summed E-state index contributed by atoms with van der Waals surface area (Å²) in [5, 5.41) is 13.7. The molecule has 0 saturated carbocycles. The molecule has 1 aromatic heterocycles. The molecule has 0 aliphatic rings. The number of anilines is 1. The smallest absolute Gasteiger partial charge is 0.295 e. The number of nitrogens with one attached hydrogen (secondary N) is 1. The van der Waals surface area contributed by atoms with Crippen LogP contribution in [0.15, 0.2) is 22.6 Å². The minimum absolute atomic E-state index is 0.0161. The SMILES string of the molecule is CCOCC(C)Nc1nc2ccc([N+](=O)[O-])cc2o1. The predicted molar refractivity (Wildman–Crippen MR) is 70.2 cm³/mol. The van der Waals surface area contributed by atoms with E-state index in [0.29, 0.717) is 30.3 Å². The van der Waals surface area contributed by atoms with Crippen LogP contribution in [0.3, 0.4) is 0 Å². The van der Waals surface area contributed by atoms with E-state index < -0.39 is 4.92 Å². The van der Waals surface area contributed by atoms with Gasteiger partial charge in [-0.3, -0.25) is 10.1 Å². The lowest BCUT2D eigenvalue weighted by atomic mass is 10.3. The lowest BCUT2D eigenvalue weighted by Crippen LogP contribution is -2.21. The second kappa shape index (κ2) is 5.66. The summed E-state index contributed by atoms with van der Waals surface area (Å²) >= 11 is 0. The van der Waals surface area contributed by atoms with Crippen molar-refractivity contribution in [2.24, 2.45) is 0 Å². The highest BCUT2D eigenvalue weighted by molar-refractivity contribution is 5.77. The molecule has 2 aromatic rings. The van der Waals surface area contributed by atoms with E-state index in [-0.39, 0.29) is 11.7 Å². The molecule has 0 aliphatic heterocycles. The van der Waals surface area contributed by atoms with Gasteiger partial charge in [-0.15, -0.1) is 0 Å². The minimum Gasteiger partial charge on any atom is -0.423 e. The Hall–Kier alpha value is -2.15. The van der Waals surface area contributed by atoms with E-state index in [2.05, 4.69) is 10.3 Å². The van der Waals surface area contributed by atoms with Crippen molar-refractivity contribution in [1.82, 2.24) is 4.98 Å². The first kappa shape index (κ1) is 13.3. The highest BCUT2D eigenvalue weighted by atomic mass is 16.6. The molecule has 1 unspecified atom stereocenters. The van der Waals surface area contributed by atoms with Crippen LogP contribution in [0.5, 0.6) is 0 Å². The summed E-state index contributed by atoms with van der Waals surface area (Å²) in [6, 6.07) is 4.71. The topological polar surface area (TPSA) is 90.4 Å². The van der Waals surface area contributed by atoms with Crippen molar-refractivity contribution in [2.75, 3.05) is 18.5 Å². The van der Waals surface area contributed by atoms with Gasteiger partial charge < -0.3 is 14.5 Å². The zero-order valence-corrected chi connectivity index (χ0v) is 10.8. The van der Waals surface area contributed by atoms with Gasteiger partial charge in [-0.05, 0) is 19.9 Å². The lowest BCUT2D eigenvalue weighted by Gasteiger charge is -2.10. The van der Waals surface area contributed by atoms with Crippen LogP contribution in [-0.2, 0) is 4.74 Å². The number of hydrogen-bond donors (Lipinski definition) is 1. The molecule has 2 rings (SSSR count). The Morgan fingerprint density at radius 1 is 1.58 bits per heavy atom. The number of benzene rings is 1. The normalized spacial score (nSPS) is 12.5. The average Bonchev–Trinajstić information content (AvgIpc) is 2.77.